The number of amides is 2. The summed E-state index contributed by atoms with van der Waals surface area (Å²) in [4.78, 5) is 25.5. The number of rotatable bonds is 7. The molecule has 0 bridgehead atoms. The van der Waals surface area contributed by atoms with Crippen LogP contribution >= 0.6 is 23.4 Å². The third kappa shape index (κ3) is 6.65. The van der Waals surface area contributed by atoms with Gasteiger partial charge in [0.05, 0.1) is 12.2 Å². The van der Waals surface area contributed by atoms with Crippen molar-refractivity contribution in [1.82, 2.24) is 0 Å². The molecule has 4 nitrogen and oxygen atoms in total. The largest absolute Gasteiger partial charge is 0.326 e. The van der Waals surface area contributed by atoms with Crippen molar-refractivity contribution >= 4 is 46.6 Å². The van der Waals surface area contributed by atoms with Crippen LogP contribution in [0.2, 0.25) is 5.02 Å². The summed E-state index contributed by atoms with van der Waals surface area (Å²) in [5.74, 6) is 0.119. The number of carbonyl (C=O) groups excluding carboxylic acids is 2. The second-order valence-corrected chi connectivity index (χ2v) is 8.52. The Morgan fingerprint density at radius 3 is 2.43 bits per heavy atom. The van der Waals surface area contributed by atoms with Gasteiger partial charge in [0.1, 0.15) is 0 Å². The summed E-state index contributed by atoms with van der Waals surface area (Å²) < 4.78 is 0. The molecule has 0 aliphatic rings. The van der Waals surface area contributed by atoms with Crippen LogP contribution in [0.3, 0.4) is 0 Å². The minimum atomic E-state index is -0.105. The standard InChI is InChI=1S/C24H23ClN2O2S/c1-16-6-7-17(2)22(12-16)27-24(29)15-30-21-5-3-4-20(14-21)26-23(28)13-18-8-10-19(25)11-9-18/h3-12,14H,13,15H2,1-2H3,(H,26,28)(H,27,29). The highest BCUT2D eigenvalue weighted by molar-refractivity contribution is 8.00. The van der Waals surface area contributed by atoms with Gasteiger partial charge in [-0.25, -0.2) is 0 Å². The smallest absolute Gasteiger partial charge is 0.234 e. The highest BCUT2D eigenvalue weighted by Crippen LogP contribution is 2.23. The number of thioether (sulfide) groups is 1. The first kappa shape index (κ1) is 21.9. The summed E-state index contributed by atoms with van der Waals surface area (Å²) in [5.41, 5.74) is 4.57. The molecule has 2 N–H and O–H groups in total. The molecule has 0 aromatic heterocycles. The van der Waals surface area contributed by atoms with E-state index in [4.69, 9.17) is 11.6 Å². The summed E-state index contributed by atoms with van der Waals surface area (Å²) in [7, 11) is 0. The van der Waals surface area contributed by atoms with Gasteiger partial charge in [0.15, 0.2) is 0 Å². The minimum Gasteiger partial charge on any atom is -0.326 e. The molecule has 0 aliphatic carbocycles. The summed E-state index contributed by atoms with van der Waals surface area (Å²) in [6, 6.07) is 20.7. The summed E-state index contributed by atoms with van der Waals surface area (Å²) in [6.45, 7) is 3.97. The van der Waals surface area contributed by atoms with Gasteiger partial charge in [-0.2, -0.15) is 0 Å². The Morgan fingerprint density at radius 1 is 0.900 bits per heavy atom. The van der Waals surface area contributed by atoms with Gasteiger partial charge in [0.2, 0.25) is 11.8 Å². The van der Waals surface area contributed by atoms with Crippen LogP contribution in [0, 0.1) is 13.8 Å². The molecule has 3 aromatic carbocycles. The van der Waals surface area contributed by atoms with Gasteiger partial charge < -0.3 is 10.6 Å². The van der Waals surface area contributed by atoms with Gasteiger partial charge in [-0.1, -0.05) is 41.9 Å². The molecule has 0 aliphatic heterocycles. The van der Waals surface area contributed by atoms with Gasteiger partial charge in [0.25, 0.3) is 0 Å². The van der Waals surface area contributed by atoms with E-state index in [2.05, 4.69) is 10.6 Å². The van der Waals surface area contributed by atoms with Crippen LogP contribution in [0.15, 0.2) is 71.6 Å². The van der Waals surface area contributed by atoms with Crippen LogP contribution in [-0.4, -0.2) is 17.6 Å². The summed E-state index contributed by atoms with van der Waals surface area (Å²) >= 11 is 7.30. The fourth-order valence-corrected chi connectivity index (χ4v) is 3.74. The maximum absolute atomic E-state index is 12.3. The van der Waals surface area contributed by atoms with E-state index in [1.54, 1.807) is 12.1 Å². The number of anilines is 2. The van der Waals surface area contributed by atoms with Crippen molar-refractivity contribution in [3.8, 4) is 0 Å². The van der Waals surface area contributed by atoms with E-state index in [0.29, 0.717) is 10.7 Å². The first-order valence-electron chi connectivity index (χ1n) is 9.53. The van der Waals surface area contributed by atoms with E-state index in [0.717, 1.165) is 27.3 Å². The zero-order valence-corrected chi connectivity index (χ0v) is 18.4. The lowest BCUT2D eigenvalue weighted by Crippen LogP contribution is -2.15. The van der Waals surface area contributed by atoms with Crippen molar-refractivity contribution in [3.63, 3.8) is 0 Å². The van der Waals surface area contributed by atoms with Gasteiger partial charge >= 0.3 is 0 Å². The summed E-state index contributed by atoms with van der Waals surface area (Å²) in [6.07, 6.45) is 0.271. The predicted molar refractivity (Wildman–Crippen MR) is 125 cm³/mol. The predicted octanol–water partition coefficient (Wildman–Crippen LogP) is 5.87. The molecular formula is C24H23ClN2O2S. The topological polar surface area (TPSA) is 58.2 Å². The van der Waals surface area contributed by atoms with Crippen LogP contribution in [0.4, 0.5) is 11.4 Å². The molecule has 6 heteroatoms. The Labute approximate surface area is 186 Å². The second kappa shape index (κ2) is 10.3. The Bertz CT molecular complexity index is 1050. The monoisotopic (exact) mass is 438 g/mol. The second-order valence-electron chi connectivity index (χ2n) is 7.03. The third-order valence-electron chi connectivity index (χ3n) is 4.43. The highest BCUT2D eigenvalue weighted by Gasteiger charge is 2.08. The Kier molecular flexibility index (Phi) is 7.55. The van der Waals surface area contributed by atoms with Crippen LogP contribution in [0.1, 0.15) is 16.7 Å². The molecule has 154 valence electrons. The number of benzene rings is 3. The van der Waals surface area contributed by atoms with Crippen molar-refractivity contribution in [2.24, 2.45) is 0 Å². The molecule has 0 saturated heterocycles. The van der Waals surface area contributed by atoms with Crippen molar-refractivity contribution in [2.75, 3.05) is 16.4 Å². The zero-order valence-electron chi connectivity index (χ0n) is 16.9. The number of hydrogen-bond donors (Lipinski definition) is 2. The highest BCUT2D eigenvalue weighted by atomic mass is 35.5. The van der Waals surface area contributed by atoms with Crippen molar-refractivity contribution in [1.29, 1.82) is 0 Å². The van der Waals surface area contributed by atoms with Crippen LogP contribution < -0.4 is 10.6 Å². The number of halogens is 1. The molecule has 3 rings (SSSR count). The number of aryl methyl sites for hydroxylation is 2. The van der Waals surface area contributed by atoms with Crippen LogP contribution in [0.5, 0.6) is 0 Å². The van der Waals surface area contributed by atoms with Gasteiger partial charge in [-0.05, 0) is 66.9 Å². The molecule has 0 unspecified atom stereocenters. The summed E-state index contributed by atoms with van der Waals surface area (Å²) in [5, 5.41) is 6.51. The van der Waals surface area contributed by atoms with Crippen LogP contribution in [0.25, 0.3) is 0 Å². The number of carbonyl (C=O) groups is 2. The van der Waals surface area contributed by atoms with Gasteiger partial charge in [0, 0.05) is 21.3 Å². The lowest BCUT2D eigenvalue weighted by molar-refractivity contribution is -0.115. The molecule has 0 fully saturated rings. The van der Waals surface area contributed by atoms with Gasteiger partial charge in [-0.3, -0.25) is 9.59 Å². The first-order chi connectivity index (χ1) is 14.4. The maximum Gasteiger partial charge on any atom is 0.234 e. The molecule has 0 atom stereocenters. The fraction of sp³-hybridized carbons (Fsp3) is 0.167. The average molecular weight is 439 g/mol. The van der Waals surface area contributed by atoms with Crippen molar-refractivity contribution in [2.45, 2.75) is 25.2 Å². The average Bonchev–Trinajstić information content (AvgIpc) is 2.71. The SMILES string of the molecule is Cc1ccc(C)c(NC(=O)CSc2cccc(NC(=O)Cc3ccc(Cl)cc3)c2)c1. The number of hydrogen-bond acceptors (Lipinski definition) is 3. The van der Waals surface area contributed by atoms with Crippen LogP contribution in [-0.2, 0) is 16.0 Å². The zero-order chi connectivity index (χ0) is 21.5. The van der Waals surface area contributed by atoms with E-state index < -0.39 is 0 Å². The first-order valence-corrected chi connectivity index (χ1v) is 10.9. The molecule has 0 spiro atoms. The Balaban J connectivity index is 1.53. The Morgan fingerprint density at radius 2 is 1.67 bits per heavy atom. The normalized spacial score (nSPS) is 10.5. The van der Waals surface area contributed by atoms with E-state index in [1.807, 2.05) is 68.4 Å². The molecule has 30 heavy (non-hydrogen) atoms. The van der Waals surface area contributed by atoms with Crippen molar-refractivity contribution in [3.05, 3.63) is 88.4 Å². The molecule has 3 aromatic rings. The molecule has 0 heterocycles. The molecular weight excluding hydrogens is 416 g/mol. The van der Waals surface area contributed by atoms with E-state index in [9.17, 15) is 9.59 Å². The van der Waals surface area contributed by atoms with Crippen molar-refractivity contribution < 1.29 is 9.59 Å². The quantitative estimate of drug-likeness (QED) is 0.453. The molecule has 0 saturated carbocycles. The van der Waals surface area contributed by atoms with E-state index in [-0.39, 0.29) is 24.0 Å². The lowest BCUT2D eigenvalue weighted by Gasteiger charge is -2.10. The van der Waals surface area contributed by atoms with E-state index >= 15 is 0 Å². The molecule has 0 radical (unpaired) electrons. The lowest BCUT2D eigenvalue weighted by atomic mass is 10.1. The number of nitrogens with one attached hydrogen (secondary N) is 2. The van der Waals surface area contributed by atoms with Gasteiger partial charge in [-0.15, -0.1) is 11.8 Å². The molecule has 2 amide bonds. The minimum absolute atomic E-state index is 0.0640. The fourth-order valence-electron chi connectivity index (χ4n) is 2.86. The maximum atomic E-state index is 12.3. The Hall–Kier alpha value is -2.76. The van der Waals surface area contributed by atoms with E-state index in [1.165, 1.54) is 11.8 Å². The third-order valence-corrected chi connectivity index (χ3v) is 5.68.